The molecule has 2 aliphatic heterocycles. The van der Waals surface area contributed by atoms with Crippen LogP contribution in [0.15, 0.2) is 53.9 Å². The number of nitrogens with zero attached hydrogens (tertiary/aromatic N) is 4. The number of aromatic nitrogens is 1. The minimum absolute atomic E-state index is 0.0807. The van der Waals surface area contributed by atoms with Gasteiger partial charge in [0.2, 0.25) is 0 Å². The quantitative estimate of drug-likeness (QED) is 0.833. The fourth-order valence-electron chi connectivity index (χ4n) is 4.00. The number of benzene rings is 1. The van der Waals surface area contributed by atoms with Crippen molar-refractivity contribution >= 4 is 23.2 Å². The largest absolute Gasteiger partial charge is 0.297 e. The zero-order valence-corrected chi connectivity index (χ0v) is 15.5. The third kappa shape index (κ3) is 3.13. The molecule has 1 aromatic carbocycles. The maximum absolute atomic E-state index is 13.1. The Bertz CT molecular complexity index is 837. The van der Waals surface area contributed by atoms with Crippen LogP contribution in [0.2, 0.25) is 5.02 Å². The van der Waals surface area contributed by atoms with Crippen molar-refractivity contribution in [1.82, 2.24) is 14.9 Å². The topological polar surface area (TPSA) is 48.8 Å². The van der Waals surface area contributed by atoms with Gasteiger partial charge in [0.1, 0.15) is 5.41 Å². The van der Waals surface area contributed by atoms with E-state index in [0.717, 1.165) is 35.8 Å². The highest BCUT2D eigenvalue weighted by molar-refractivity contribution is 6.30. The van der Waals surface area contributed by atoms with E-state index in [9.17, 15) is 4.79 Å². The van der Waals surface area contributed by atoms with E-state index in [1.165, 1.54) is 10.6 Å². The van der Waals surface area contributed by atoms with E-state index in [2.05, 4.69) is 15.0 Å². The van der Waals surface area contributed by atoms with Crippen LogP contribution in [0.3, 0.4) is 0 Å². The van der Waals surface area contributed by atoms with E-state index in [4.69, 9.17) is 11.6 Å². The Hall–Kier alpha value is -2.24. The first kappa shape index (κ1) is 17.2. The molecule has 2 aliphatic rings. The second-order valence-electron chi connectivity index (χ2n) is 7.08. The number of hydrogen-bond donors (Lipinski definition) is 0. The molecule has 0 N–H and O–H groups in total. The lowest BCUT2D eigenvalue weighted by Crippen LogP contribution is -2.53. The van der Waals surface area contributed by atoms with Crippen molar-refractivity contribution in [3.63, 3.8) is 0 Å². The van der Waals surface area contributed by atoms with Crippen molar-refractivity contribution in [2.75, 3.05) is 20.1 Å². The average molecular weight is 369 g/mol. The SMILES string of the molecule is CN1N=C2CCN(Cc3ccc(Cl)cc3)CC2(Cc2cccnc2)C1=O. The number of hydrazone groups is 1. The Morgan fingerprint density at radius 1 is 1.19 bits per heavy atom. The number of fused-ring (bicyclic) bond motifs is 1. The van der Waals surface area contributed by atoms with Gasteiger partial charge >= 0.3 is 0 Å². The van der Waals surface area contributed by atoms with E-state index in [1.807, 2.05) is 42.6 Å². The smallest absolute Gasteiger partial charge is 0.256 e. The Morgan fingerprint density at radius 2 is 2.00 bits per heavy atom. The highest BCUT2D eigenvalue weighted by Gasteiger charge is 2.52. The van der Waals surface area contributed by atoms with Crippen LogP contribution in [0.1, 0.15) is 17.5 Å². The lowest BCUT2D eigenvalue weighted by molar-refractivity contribution is -0.136. The summed E-state index contributed by atoms with van der Waals surface area (Å²) in [6, 6.07) is 11.9. The maximum Gasteiger partial charge on any atom is 0.256 e. The molecule has 1 amide bonds. The Morgan fingerprint density at radius 3 is 2.73 bits per heavy atom. The molecule has 3 heterocycles. The molecule has 6 heteroatoms. The van der Waals surface area contributed by atoms with Crippen LogP contribution in [0, 0.1) is 5.41 Å². The van der Waals surface area contributed by atoms with E-state index in [-0.39, 0.29) is 5.91 Å². The zero-order valence-electron chi connectivity index (χ0n) is 14.7. The number of hydrogen-bond acceptors (Lipinski definition) is 4. The van der Waals surface area contributed by atoms with Gasteiger partial charge in [0, 0.05) is 50.5 Å². The molecule has 26 heavy (non-hydrogen) atoms. The number of pyridine rings is 1. The van der Waals surface area contributed by atoms with Gasteiger partial charge in [0.15, 0.2) is 0 Å². The van der Waals surface area contributed by atoms with Gasteiger partial charge in [-0.2, -0.15) is 5.10 Å². The van der Waals surface area contributed by atoms with Gasteiger partial charge in [0.25, 0.3) is 5.91 Å². The van der Waals surface area contributed by atoms with Crippen LogP contribution in [-0.2, 0) is 17.8 Å². The second-order valence-corrected chi connectivity index (χ2v) is 7.52. The third-order valence-electron chi connectivity index (χ3n) is 5.23. The standard InChI is InChI=1S/C20H21ClN4O/c1-24-19(26)20(11-16-3-2-9-22-12-16)14-25(10-8-18(20)23-24)13-15-4-6-17(21)7-5-15/h2-7,9,12H,8,10-11,13-14H2,1H3. The van der Waals surface area contributed by atoms with Gasteiger partial charge < -0.3 is 0 Å². The van der Waals surface area contributed by atoms with Gasteiger partial charge in [-0.15, -0.1) is 0 Å². The maximum atomic E-state index is 13.1. The van der Waals surface area contributed by atoms with Gasteiger partial charge in [0.05, 0.1) is 5.71 Å². The van der Waals surface area contributed by atoms with Gasteiger partial charge in [-0.1, -0.05) is 29.8 Å². The first-order valence-electron chi connectivity index (χ1n) is 8.79. The van der Waals surface area contributed by atoms with Crippen molar-refractivity contribution in [2.45, 2.75) is 19.4 Å². The molecule has 0 saturated carbocycles. The van der Waals surface area contributed by atoms with Gasteiger partial charge in [-0.05, 0) is 35.7 Å². The molecule has 1 saturated heterocycles. The monoisotopic (exact) mass is 368 g/mol. The molecule has 4 rings (SSSR count). The van der Waals surface area contributed by atoms with Crippen LogP contribution < -0.4 is 0 Å². The Labute approximate surface area is 158 Å². The van der Waals surface area contributed by atoms with Crippen LogP contribution >= 0.6 is 11.6 Å². The molecule has 134 valence electrons. The molecular formula is C20H21ClN4O. The normalized spacial score (nSPS) is 23.1. The minimum atomic E-state index is -0.581. The lowest BCUT2D eigenvalue weighted by Gasteiger charge is -2.39. The summed E-state index contributed by atoms with van der Waals surface area (Å²) >= 11 is 5.99. The van der Waals surface area contributed by atoms with Crippen LogP contribution in [-0.4, -0.2) is 46.6 Å². The first-order valence-corrected chi connectivity index (χ1v) is 9.16. The molecule has 1 fully saturated rings. The molecule has 5 nitrogen and oxygen atoms in total. The van der Waals surface area contributed by atoms with Crippen LogP contribution in [0.4, 0.5) is 0 Å². The molecule has 1 atom stereocenters. The van der Waals surface area contributed by atoms with E-state index >= 15 is 0 Å². The fraction of sp³-hybridized carbons (Fsp3) is 0.350. The zero-order chi connectivity index (χ0) is 18.1. The predicted octanol–water partition coefficient (Wildman–Crippen LogP) is 3.00. The third-order valence-corrected chi connectivity index (χ3v) is 5.48. The highest BCUT2D eigenvalue weighted by Crippen LogP contribution is 2.38. The molecule has 0 aliphatic carbocycles. The van der Waals surface area contributed by atoms with Crippen LogP contribution in [0.25, 0.3) is 0 Å². The number of rotatable bonds is 4. The van der Waals surface area contributed by atoms with E-state index < -0.39 is 5.41 Å². The number of amides is 1. The molecule has 0 bridgehead atoms. The Balaban J connectivity index is 1.60. The average Bonchev–Trinajstić information content (AvgIpc) is 2.89. The second kappa shape index (κ2) is 6.82. The molecule has 2 aromatic rings. The number of carbonyl (C=O) groups excluding carboxylic acids is 1. The summed E-state index contributed by atoms with van der Waals surface area (Å²) in [6.07, 6.45) is 5.05. The molecule has 1 unspecified atom stereocenters. The summed E-state index contributed by atoms with van der Waals surface area (Å²) in [6.45, 7) is 2.38. The summed E-state index contributed by atoms with van der Waals surface area (Å²) in [5.41, 5.74) is 2.69. The van der Waals surface area contributed by atoms with Crippen molar-refractivity contribution in [3.05, 3.63) is 64.9 Å². The van der Waals surface area contributed by atoms with Gasteiger partial charge in [-0.3, -0.25) is 14.7 Å². The highest BCUT2D eigenvalue weighted by atomic mass is 35.5. The summed E-state index contributed by atoms with van der Waals surface area (Å²) in [5.74, 6) is 0.0807. The number of piperidine rings is 1. The van der Waals surface area contributed by atoms with E-state index in [0.29, 0.717) is 13.0 Å². The first-order chi connectivity index (χ1) is 12.6. The molecule has 1 aromatic heterocycles. The predicted molar refractivity (Wildman–Crippen MR) is 102 cm³/mol. The molecular weight excluding hydrogens is 348 g/mol. The molecule has 0 spiro atoms. The van der Waals surface area contributed by atoms with Crippen molar-refractivity contribution in [2.24, 2.45) is 10.5 Å². The number of likely N-dealkylation sites (tertiary alicyclic amines) is 1. The fourth-order valence-corrected chi connectivity index (χ4v) is 4.12. The molecule has 0 radical (unpaired) electrons. The number of carbonyl (C=O) groups is 1. The Kier molecular flexibility index (Phi) is 4.51. The summed E-state index contributed by atoms with van der Waals surface area (Å²) < 4.78 is 0. The van der Waals surface area contributed by atoms with Crippen molar-refractivity contribution < 1.29 is 4.79 Å². The lowest BCUT2D eigenvalue weighted by atomic mass is 9.73. The van der Waals surface area contributed by atoms with E-state index in [1.54, 1.807) is 13.2 Å². The minimum Gasteiger partial charge on any atom is -0.297 e. The van der Waals surface area contributed by atoms with Gasteiger partial charge in [-0.25, -0.2) is 5.01 Å². The van der Waals surface area contributed by atoms with Crippen molar-refractivity contribution in [1.29, 1.82) is 0 Å². The summed E-state index contributed by atoms with van der Waals surface area (Å²) in [4.78, 5) is 19.6. The summed E-state index contributed by atoms with van der Waals surface area (Å²) in [7, 11) is 1.75. The van der Waals surface area contributed by atoms with Crippen LogP contribution in [0.5, 0.6) is 0 Å². The number of halogens is 1. The summed E-state index contributed by atoms with van der Waals surface area (Å²) in [5, 5.41) is 6.80. The van der Waals surface area contributed by atoms with Crippen molar-refractivity contribution in [3.8, 4) is 0 Å².